The average Bonchev–Trinajstić information content (AvgIpc) is 3.07. The van der Waals surface area contributed by atoms with E-state index in [1.807, 2.05) is 31.2 Å². The largest absolute Gasteiger partial charge is 0.476 e. The van der Waals surface area contributed by atoms with Crippen LogP contribution in [0.25, 0.3) is 16.4 Å². The van der Waals surface area contributed by atoms with E-state index in [-0.39, 0.29) is 5.69 Å². The number of carboxylic acid groups (broad SMARTS) is 1. The molecule has 0 aliphatic heterocycles. The predicted octanol–water partition coefficient (Wildman–Crippen LogP) is 2.40. The summed E-state index contributed by atoms with van der Waals surface area (Å²) in [4.78, 5) is 15.5. The first-order valence-electron chi connectivity index (χ1n) is 5.83. The molecule has 6 nitrogen and oxygen atoms in total. The lowest BCUT2D eigenvalue weighted by molar-refractivity contribution is 0.0691. The lowest BCUT2D eigenvalue weighted by Crippen LogP contribution is -2.03. The van der Waals surface area contributed by atoms with E-state index >= 15 is 0 Å². The van der Waals surface area contributed by atoms with Crippen LogP contribution in [0.2, 0.25) is 0 Å². The van der Waals surface area contributed by atoms with E-state index in [1.54, 1.807) is 11.6 Å². The zero-order valence-electron chi connectivity index (χ0n) is 10.5. The molecular weight excluding hydrogens is 276 g/mol. The van der Waals surface area contributed by atoms with E-state index in [0.29, 0.717) is 10.8 Å². The van der Waals surface area contributed by atoms with Crippen molar-refractivity contribution in [3.63, 3.8) is 0 Å². The van der Waals surface area contributed by atoms with Gasteiger partial charge in [0.1, 0.15) is 5.69 Å². The molecule has 7 heteroatoms. The summed E-state index contributed by atoms with van der Waals surface area (Å²) in [5.41, 5.74) is 2.11. The molecule has 0 saturated heterocycles. The molecule has 2 heterocycles. The van der Waals surface area contributed by atoms with Crippen molar-refractivity contribution in [2.24, 2.45) is 0 Å². The van der Waals surface area contributed by atoms with Gasteiger partial charge in [-0.25, -0.2) is 9.78 Å². The highest BCUT2D eigenvalue weighted by Gasteiger charge is 2.23. The fraction of sp³-hybridized carbons (Fsp3) is 0.0769. The number of carboxylic acids is 1. The Balaban J connectivity index is 2.30. The third kappa shape index (κ3) is 1.97. The van der Waals surface area contributed by atoms with Crippen molar-refractivity contribution in [2.45, 2.75) is 6.92 Å². The molecule has 0 aliphatic carbocycles. The maximum Gasteiger partial charge on any atom is 0.358 e. The zero-order valence-corrected chi connectivity index (χ0v) is 11.3. The molecule has 20 heavy (non-hydrogen) atoms. The molecule has 100 valence electrons. The maximum absolute atomic E-state index is 11.4. The number of thiazole rings is 1. The predicted molar refractivity (Wildman–Crippen MR) is 74.2 cm³/mol. The van der Waals surface area contributed by atoms with Crippen molar-refractivity contribution < 1.29 is 9.90 Å². The van der Waals surface area contributed by atoms with Gasteiger partial charge in [0.25, 0.3) is 0 Å². The van der Waals surface area contributed by atoms with E-state index in [0.717, 1.165) is 11.1 Å². The maximum atomic E-state index is 11.4. The van der Waals surface area contributed by atoms with Gasteiger partial charge in [0.2, 0.25) is 5.13 Å². The van der Waals surface area contributed by atoms with Gasteiger partial charge < -0.3 is 5.11 Å². The van der Waals surface area contributed by atoms with Crippen LogP contribution in [-0.4, -0.2) is 31.1 Å². The Bertz CT molecular complexity index is 765. The second-order valence-corrected chi connectivity index (χ2v) is 5.01. The molecule has 0 saturated carbocycles. The number of hydrogen-bond acceptors (Lipinski definition) is 5. The Hall–Kier alpha value is -2.54. The van der Waals surface area contributed by atoms with Gasteiger partial charge in [-0.15, -0.1) is 16.4 Å². The first-order valence-corrected chi connectivity index (χ1v) is 6.71. The number of rotatable bonds is 3. The molecule has 0 fully saturated rings. The number of aryl methyl sites for hydroxylation is 1. The van der Waals surface area contributed by atoms with Crippen molar-refractivity contribution in [3.8, 4) is 16.4 Å². The van der Waals surface area contributed by atoms with E-state index in [4.69, 9.17) is 0 Å². The number of carbonyl (C=O) groups is 1. The van der Waals surface area contributed by atoms with Crippen LogP contribution in [0.15, 0.2) is 35.8 Å². The lowest BCUT2D eigenvalue weighted by Gasteiger charge is -2.07. The van der Waals surface area contributed by atoms with Crippen molar-refractivity contribution in [1.82, 2.24) is 20.0 Å². The third-order valence-electron chi connectivity index (χ3n) is 2.87. The minimum atomic E-state index is -1.11. The molecule has 0 bridgehead atoms. The number of hydrogen-bond donors (Lipinski definition) is 1. The number of aromatic nitrogens is 4. The summed E-state index contributed by atoms with van der Waals surface area (Å²) in [6, 6.07) is 7.52. The van der Waals surface area contributed by atoms with Gasteiger partial charge in [0.15, 0.2) is 5.69 Å². The van der Waals surface area contributed by atoms with Gasteiger partial charge >= 0.3 is 5.97 Å². The van der Waals surface area contributed by atoms with Gasteiger partial charge in [-0.1, -0.05) is 29.5 Å². The minimum Gasteiger partial charge on any atom is -0.476 e. The molecular formula is C13H10N4O2S. The van der Waals surface area contributed by atoms with Crippen molar-refractivity contribution in [1.29, 1.82) is 0 Å². The summed E-state index contributed by atoms with van der Waals surface area (Å²) in [6.07, 6.45) is 1.64. The van der Waals surface area contributed by atoms with E-state index < -0.39 is 5.97 Å². The highest BCUT2D eigenvalue weighted by atomic mass is 32.1. The highest BCUT2D eigenvalue weighted by Crippen LogP contribution is 2.28. The van der Waals surface area contributed by atoms with Gasteiger partial charge in [-0.05, 0) is 12.5 Å². The number of nitrogens with zero attached hydrogens (tertiary/aromatic N) is 4. The molecule has 2 aromatic heterocycles. The van der Waals surface area contributed by atoms with Gasteiger partial charge in [0, 0.05) is 17.1 Å². The standard InChI is InChI=1S/C13H10N4O2S/c1-8-4-2-3-5-9(8)11-10(12(18)19)15-16-17(11)13-14-6-7-20-13/h2-7H,1H3,(H,18,19). The number of aromatic carboxylic acids is 1. The molecule has 0 amide bonds. The average molecular weight is 286 g/mol. The molecule has 0 atom stereocenters. The molecule has 3 rings (SSSR count). The van der Waals surface area contributed by atoms with Gasteiger partial charge in [-0.2, -0.15) is 4.68 Å². The number of benzene rings is 1. The SMILES string of the molecule is Cc1ccccc1-c1c(C(=O)O)nnn1-c1nccs1. The Kier molecular flexibility index (Phi) is 3.03. The van der Waals surface area contributed by atoms with Crippen molar-refractivity contribution in [3.05, 3.63) is 47.1 Å². The fourth-order valence-electron chi connectivity index (χ4n) is 1.96. The van der Waals surface area contributed by atoms with E-state index in [9.17, 15) is 9.90 Å². The van der Waals surface area contributed by atoms with E-state index in [1.165, 1.54) is 16.0 Å². The summed E-state index contributed by atoms with van der Waals surface area (Å²) in [7, 11) is 0. The molecule has 1 N–H and O–H groups in total. The Labute approximate surface area is 118 Å². The summed E-state index contributed by atoms with van der Waals surface area (Å²) < 4.78 is 1.47. The topological polar surface area (TPSA) is 80.9 Å². The van der Waals surface area contributed by atoms with Crippen LogP contribution in [-0.2, 0) is 0 Å². The summed E-state index contributed by atoms with van der Waals surface area (Å²) >= 11 is 1.37. The zero-order chi connectivity index (χ0) is 14.1. The molecule has 0 radical (unpaired) electrons. The van der Waals surface area contributed by atoms with Crippen LogP contribution in [0.5, 0.6) is 0 Å². The first kappa shape index (κ1) is 12.5. The van der Waals surface area contributed by atoms with Crippen molar-refractivity contribution in [2.75, 3.05) is 0 Å². The lowest BCUT2D eigenvalue weighted by atomic mass is 10.0. The Morgan fingerprint density at radius 1 is 1.35 bits per heavy atom. The second-order valence-electron chi connectivity index (χ2n) is 4.13. The minimum absolute atomic E-state index is 0.0745. The third-order valence-corrected chi connectivity index (χ3v) is 3.62. The van der Waals surface area contributed by atoms with Crippen LogP contribution < -0.4 is 0 Å². The monoisotopic (exact) mass is 286 g/mol. The van der Waals surface area contributed by atoms with Crippen molar-refractivity contribution >= 4 is 17.3 Å². The molecule has 0 aliphatic rings. The summed E-state index contributed by atoms with van der Waals surface area (Å²) in [5, 5.41) is 19.4. The molecule has 3 aromatic rings. The van der Waals surface area contributed by atoms with Crippen LogP contribution in [0.3, 0.4) is 0 Å². The van der Waals surface area contributed by atoms with Crippen LogP contribution in [0, 0.1) is 6.92 Å². The normalized spacial score (nSPS) is 10.7. The van der Waals surface area contributed by atoms with Gasteiger partial charge in [0.05, 0.1) is 0 Å². The highest BCUT2D eigenvalue weighted by molar-refractivity contribution is 7.12. The van der Waals surface area contributed by atoms with Crippen LogP contribution in [0.1, 0.15) is 16.1 Å². The fourth-order valence-corrected chi connectivity index (χ4v) is 2.55. The van der Waals surface area contributed by atoms with Crippen LogP contribution in [0.4, 0.5) is 0 Å². The molecule has 0 spiro atoms. The van der Waals surface area contributed by atoms with Gasteiger partial charge in [-0.3, -0.25) is 0 Å². The Morgan fingerprint density at radius 3 is 2.80 bits per heavy atom. The quantitative estimate of drug-likeness (QED) is 0.799. The molecule has 0 unspecified atom stereocenters. The summed E-state index contributed by atoms with van der Waals surface area (Å²) in [6.45, 7) is 1.92. The molecule has 1 aromatic carbocycles. The van der Waals surface area contributed by atoms with Crippen LogP contribution >= 0.6 is 11.3 Å². The second kappa shape index (κ2) is 4.86. The summed E-state index contributed by atoms with van der Waals surface area (Å²) in [5.74, 6) is -1.11. The smallest absolute Gasteiger partial charge is 0.358 e. The van der Waals surface area contributed by atoms with E-state index in [2.05, 4.69) is 15.3 Å². The first-order chi connectivity index (χ1) is 9.68. The Morgan fingerprint density at radius 2 is 2.15 bits per heavy atom.